The van der Waals surface area contributed by atoms with Gasteiger partial charge in [-0.05, 0) is 23.1 Å². The first kappa shape index (κ1) is 41.7. The van der Waals surface area contributed by atoms with Crippen molar-refractivity contribution in [3.8, 4) is 28.7 Å². The Morgan fingerprint density at radius 3 is 1.67 bits per heavy atom. The molecule has 0 saturated carbocycles. The molecule has 0 fully saturated rings. The number of ether oxygens (including phenoxy) is 1. The van der Waals surface area contributed by atoms with Crippen LogP contribution in [0, 0.1) is 3.80 Å². The van der Waals surface area contributed by atoms with Crippen LogP contribution >= 0.6 is 0 Å². The van der Waals surface area contributed by atoms with Gasteiger partial charge >= 0.3 is 275 Å². The molecule has 7 aromatic carbocycles. The molecular weight excluding hydrogens is 1000 g/mol. The third kappa shape index (κ3) is 6.54. The van der Waals surface area contributed by atoms with Gasteiger partial charge in [0.05, 0.1) is 16.6 Å². The fourth-order valence-corrected chi connectivity index (χ4v) is 11.4. The van der Waals surface area contributed by atoms with Gasteiger partial charge in [-0.3, -0.25) is 0 Å². The average Bonchev–Trinajstić information content (AvgIpc) is 4.00. The number of hydrogen-bond donors (Lipinski definition) is 0. The molecule has 12 rings (SSSR count). The van der Waals surface area contributed by atoms with E-state index in [9.17, 15) is 0 Å². The molecule has 0 aliphatic rings. The van der Waals surface area contributed by atoms with E-state index in [0.29, 0.717) is 0 Å². The van der Waals surface area contributed by atoms with Crippen molar-refractivity contribution in [1.82, 2.24) is 23.1 Å². The molecule has 6 nitrogen and oxygen atoms in total. The molecule has 5 aromatic heterocycles. The third-order valence-corrected chi connectivity index (χ3v) is 14.9. The molecule has 12 aromatic rings. The molecule has 0 N–H and O–H groups in total. The van der Waals surface area contributed by atoms with Gasteiger partial charge in [0.1, 0.15) is 0 Å². The van der Waals surface area contributed by atoms with E-state index < -0.39 is 0 Å². The Bertz CT molecular complexity index is 4010. The first-order valence-corrected chi connectivity index (χ1v) is 24.4. The number of pyridine rings is 1. The quantitative estimate of drug-likeness (QED) is 0.172. The number of benzene rings is 7. The molecule has 67 heavy (non-hydrogen) atoms. The van der Waals surface area contributed by atoms with E-state index in [1.165, 1.54) is 65.9 Å². The van der Waals surface area contributed by atoms with Crippen LogP contribution in [-0.2, 0) is 35.6 Å². The van der Waals surface area contributed by atoms with Crippen molar-refractivity contribution in [1.29, 1.82) is 0 Å². The molecule has 0 aliphatic heterocycles. The van der Waals surface area contributed by atoms with E-state index >= 15 is 0 Å². The van der Waals surface area contributed by atoms with Gasteiger partial charge in [0.15, 0.2) is 0 Å². The monoisotopic (exact) mass is 1050 g/mol. The number of imidazole rings is 1. The topological polar surface area (TPSA) is 41.3 Å². The summed E-state index contributed by atoms with van der Waals surface area (Å²) in [5, 5.41) is 7.41. The predicted octanol–water partition coefficient (Wildman–Crippen LogP) is 15.8. The number of rotatable bonds is 5. The number of hydrogen-bond acceptors (Lipinski definition) is 2. The molecule has 0 saturated heterocycles. The zero-order chi connectivity index (χ0) is 46.3. The van der Waals surface area contributed by atoms with Gasteiger partial charge < -0.3 is 4.40 Å². The standard InChI is InChI=1S/C60H53N5O.Pt/c1-58(2,3)37-26-27-61-56(31-37)64-53-33-43(24-25-45(53)48-34-49-47-20-15-19-46-44-18-10-11-21-50(44)65(57(46)47)55(49)35-54(48)64)66-42-17-14-16-40(32-42)62-36-63(52-23-13-12-22-51(52)62)41-29-38(59(4,5)6)28-39(30-41)60(7,8)9;/h10-35H,1-9H3;. The van der Waals surface area contributed by atoms with Crippen LogP contribution in [0.15, 0.2) is 158 Å². The average molecular weight is 1060 g/mol. The van der Waals surface area contributed by atoms with Gasteiger partial charge in [0, 0.05) is 27.7 Å². The van der Waals surface area contributed by atoms with Gasteiger partial charge in [-0.15, -0.1) is 0 Å². The van der Waals surface area contributed by atoms with E-state index in [2.05, 4.69) is 251 Å². The second kappa shape index (κ2) is 14.6. The van der Waals surface area contributed by atoms with Gasteiger partial charge in [-0.2, -0.15) is 0 Å². The van der Waals surface area contributed by atoms with E-state index in [1.54, 1.807) is 0 Å². The number of aromatic nitrogens is 5. The number of para-hydroxylation sites is 4. The Balaban J connectivity index is 1.02. The van der Waals surface area contributed by atoms with E-state index in [4.69, 9.17) is 9.72 Å². The Labute approximate surface area is 401 Å². The molecule has 0 amide bonds. The van der Waals surface area contributed by atoms with Crippen molar-refractivity contribution < 1.29 is 24.1 Å². The van der Waals surface area contributed by atoms with E-state index in [0.717, 1.165) is 54.3 Å². The SMILES string of the molecule is CC(C)(C)c1cc(-n2[c](=[Pt])n(-c3cccc(Oc4ccc5c6cc7c8cccc9c%10ccccc%10n(c7cc6n(-c6cc(C(C)(C)C)ccn6)c5c4)c98)c3)c3ccccc32)cc(C(C)(C)C)c1. The summed E-state index contributed by atoms with van der Waals surface area (Å²) in [6.07, 6.45) is 1.95. The maximum absolute atomic E-state index is 6.91. The van der Waals surface area contributed by atoms with E-state index in [1.807, 2.05) is 6.20 Å². The molecular formula is C60H53N5OPt. The summed E-state index contributed by atoms with van der Waals surface area (Å²) >= 11 is 2.50. The molecule has 0 spiro atoms. The molecule has 0 radical (unpaired) electrons. The fraction of sp³-hybridized carbons (Fsp3) is 0.200. The Morgan fingerprint density at radius 2 is 0.970 bits per heavy atom. The maximum atomic E-state index is 6.91. The van der Waals surface area contributed by atoms with Crippen LogP contribution in [0.4, 0.5) is 0 Å². The number of nitrogens with zero attached hydrogens (tertiary/aromatic N) is 5. The van der Waals surface area contributed by atoms with Crippen molar-refractivity contribution >= 4 is 70.9 Å². The molecule has 5 heterocycles. The first-order chi connectivity index (χ1) is 32.0. The minimum atomic E-state index is -0.0533. The van der Waals surface area contributed by atoms with Gasteiger partial charge in [-0.1, -0.05) is 57.2 Å². The van der Waals surface area contributed by atoms with Crippen molar-refractivity contribution in [3.05, 3.63) is 178 Å². The van der Waals surface area contributed by atoms with Crippen LogP contribution in [0.5, 0.6) is 11.5 Å². The third-order valence-electron chi connectivity index (χ3n) is 13.8. The zero-order valence-corrected chi connectivity index (χ0v) is 41.7. The Kier molecular flexibility index (Phi) is 9.09. The van der Waals surface area contributed by atoms with Crippen molar-refractivity contribution in [3.63, 3.8) is 0 Å². The second-order valence-corrected chi connectivity index (χ2v) is 22.4. The predicted molar refractivity (Wildman–Crippen MR) is 275 cm³/mol. The summed E-state index contributed by atoms with van der Waals surface area (Å²) in [4.78, 5) is 5.07. The van der Waals surface area contributed by atoms with Crippen LogP contribution in [0.3, 0.4) is 0 Å². The minimum absolute atomic E-state index is 0.00599. The van der Waals surface area contributed by atoms with Crippen molar-refractivity contribution in [2.75, 3.05) is 0 Å². The van der Waals surface area contributed by atoms with E-state index in [-0.39, 0.29) is 16.2 Å². The van der Waals surface area contributed by atoms with Gasteiger partial charge in [0.25, 0.3) is 0 Å². The number of fused-ring (bicyclic) bond motifs is 10. The van der Waals surface area contributed by atoms with Crippen LogP contribution in [-0.4, -0.2) is 23.1 Å². The summed E-state index contributed by atoms with van der Waals surface area (Å²) in [6.45, 7) is 20.6. The van der Waals surface area contributed by atoms with Crippen LogP contribution in [0.25, 0.3) is 88.1 Å². The molecule has 0 unspecified atom stereocenters. The summed E-state index contributed by atoms with van der Waals surface area (Å²) in [5.74, 6) is 2.40. The fourth-order valence-electron chi connectivity index (χ4n) is 10.3. The Morgan fingerprint density at radius 1 is 0.403 bits per heavy atom. The van der Waals surface area contributed by atoms with Crippen LogP contribution < -0.4 is 4.74 Å². The summed E-state index contributed by atoms with van der Waals surface area (Å²) in [6, 6.07) is 55.5. The molecule has 0 aliphatic carbocycles. The first-order valence-electron chi connectivity index (χ1n) is 23.3. The molecule has 334 valence electrons. The van der Waals surface area contributed by atoms with Crippen LogP contribution in [0.1, 0.15) is 79.0 Å². The zero-order valence-electron chi connectivity index (χ0n) is 39.5. The van der Waals surface area contributed by atoms with Crippen LogP contribution in [0.2, 0.25) is 0 Å². The van der Waals surface area contributed by atoms with Crippen molar-refractivity contribution in [2.24, 2.45) is 0 Å². The summed E-state index contributed by atoms with van der Waals surface area (Å²) < 4.78 is 17.5. The molecule has 0 bridgehead atoms. The Hall–Kier alpha value is -6.75. The summed E-state index contributed by atoms with van der Waals surface area (Å²) in [7, 11) is 0. The van der Waals surface area contributed by atoms with Gasteiger partial charge in [-0.25, -0.2) is 0 Å². The van der Waals surface area contributed by atoms with Crippen molar-refractivity contribution in [2.45, 2.75) is 78.6 Å². The molecule has 0 atom stereocenters. The summed E-state index contributed by atoms with van der Waals surface area (Å²) in [5.41, 5.74) is 14.1. The molecule has 7 heteroatoms. The normalized spacial score (nSPS) is 12.9. The van der Waals surface area contributed by atoms with Gasteiger partial charge in [0.2, 0.25) is 0 Å². The second-order valence-electron chi connectivity index (χ2n) is 21.4.